The zero-order valence-electron chi connectivity index (χ0n) is 9.66. The second-order valence-electron chi connectivity index (χ2n) is 3.78. The average Bonchev–Trinajstić information content (AvgIpc) is 2.38. The molecule has 0 saturated heterocycles. The molecule has 0 heterocycles. The van der Waals surface area contributed by atoms with Gasteiger partial charge in [-0.1, -0.05) is 11.6 Å². The fourth-order valence-corrected chi connectivity index (χ4v) is 2.34. The Labute approximate surface area is 123 Å². The van der Waals surface area contributed by atoms with Gasteiger partial charge in [0.1, 0.15) is 18.2 Å². The van der Waals surface area contributed by atoms with E-state index < -0.39 is 5.82 Å². The van der Waals surface area contributed by atoms with Crippen molar-refractivity contribution in [2.45, 2.75) is 6.61 Å². The molecule has 0 unspecified atom stereocenters. The van der Waals surface area contributed by atoms with Crippen LogP contribution in [0.1, 0.15) is 11.1 Å². The van der Waals surface area contributed by atoms with Gasteiger partial charge in [-0.05, 0) is 52.3 Å². The standard InChI is InChI=1S/C14H8BrClFNO/c15-13-6-11(16)2-4-14(13)19-8-10-5-12(17)3-1-9(10)7-18/h1-6H,8H2. The van der Waals surface area contributed by atoms with Crippen molar-refractivity contribution in [3.63, 3.8) is 0 Å². The van der Waals surface area contributed by atoms with Gasteiger partial charge < -0.3 is 4.74 Å². The minimum Gasteiger partial charge on any atom is -0.488 e. The quantitative estimate of drug-likeness (QED) is 0.812. The molecule has 0 spiro atoms. The zero-order chi connectivity index (χ0) is 13.8. The molecule has 2 aromatic rings. The summed E-state index contributed by atoms with van der Waals surface area (Å²) >= 11 is 9.15. The van der Waals surface area contributed by atoms with E-state index >= 15 is 0 Å². The van der Waals surface area contributed by atoms with Gasteiger partial charge in [-0.25, -0.2) is 4.39 Å². The Morgan fingerprint density at radius 3 is 2.74 bits per heavy atom. The fourth-order valence-electron chi connectivity index (χ4n) is 1.54. The van der Waals surface area contributed by atoms with Gasteiger partial charge in [0.25, 0.3) is 0 Å². The van der Waals surface area contributed by atoms with Gasteiger partial charge in [-0.15, -0.1) is 0 Å². The predicted octanol–water partition coefficient (Wildman–Crippen LogP) is 4.69. The molecule has 2 rings (SSSR count). The van der Waals surface area contributed by atoms with E-state index in [4.69, 9.17) is 21.6 Å². The van der Waals surface area contributed by atoms with Crippen LogP contribution >= 0.6 is 27.5 Å². The number of benzene rings is 2. The maximum Gasteiger partial charge on any atom is 0.134 e. The third kappa shape index (κ3) is 3.46. The van der Waals surface area contributed by atoms with E-state index in [9.17, 15) is 4.39 Å². The molecule has 0 saturated carbocycles. The molecule has 2 aromatic carbocycles. The van der Waals surface area contributed by atoms with Crippen molar-refractivity contribution in [3.8, 4) is 11.8 Å². The number of rotatable bonds is 3. The summed E-state index contributed by atoms with van der Waals surface area (Å²) in [5.74, 6) is 0.185. The monoisotopic (exact) mass is 339 g/mol. The zero-order valence-corrected chi connectivity index (χ0v) is 12.0. The van der Waals surface area contributed by atoms with Gasteiger partial charge >= 0.3 is 0 Å². The lowest BCUT2D eigenvalue weighted by atomic mass is 10.1. The van der Waals surface area contributed by atoms with Crippen molar-refractivity contribution in [3.05, 3.63) is 62.8 Å². The number of nitriles is 1. The lowest BCUT2D eigenvalue weighted by Gasteiger charge is -2.09. The van der Waals surface area contributed by atoms with Gasteiger partial charge in [0.05, 0.1) is 16.1 Å². The van der Waals surface area contributed by atoms with Gasteiger partial charge in [0.15, 0.2) is 0 Å². The fraction of sp³-hybridized carbons (Fsp3) is 0.0714. The molecule has 0 aromatic heterocycles. The molecule has 0 radical (unpaired) electrons. The first kappa shape index (κ1) is 13.9. The van der Waals surface area contributed by atoms with Crippen LogP contribution in [0, 0.1) is 17.1 Å². The molecular formula is C14H8BrClFNO. The Morgan fingerprint density at radius 2 is 2.05 bits per heavy atom. The van der Waals surface area contributed by atoms with Gasteiger partial charge in [0, 0.05) is 10.6 Å². The normalized spacial score (nSPS) is 10.0. The summed E-state index contributed by atoms with van der Waals surface area (Å²) < 4.78 is 19.4. The number of nitrogens with zero attached hydrogens (tertiary/aromatic N) is 1. The van der Waals surface area contributed by atoms with Crippen molar-refractivity contribution in [1.29, 1.82) is 5.26 Å². The first-order valence-electron chi connectivity index (χ1n) is 5.36. The Bertz CT molecular complexity index is 654. The highest BCUT2D eigenvalue weighted by Gasteiger charge is 2.07. The van der Waals surface area contributed by atoms with Crippen molar-refractivity contribution in [2.75, 3.05) is 0 Å². The van der Waals surface area contributed by atoms with E-state index in [0.717, 1.165) is 0 Å². The van der Waals surface area contributed by atoms with Crippen LogP contribution in [0.4, 0.5) is 4.39 Å². The lowest BCUT2D eigenvalue weighted by molar-refractivity contribution is 0.303. The van der Waals surface area contributed by atoms with Crippen LogP contribution in [0.5, 0.6) is 5.75 Å². The number of hydrogen-bond acceptors (Lipinski definition) is 2. The van der Waals surface area contributed by atoms with Crippen LogP contribution in [0.3, 0.4) is 0 Å². The third-order valence-corrected chi connectivity index (χ3v) is 3.32. The molecular weight excluding hydrogens is 333 g/mol. The summed E-state index contributed by atoms with van der Waals surface area (Å²) in [4.78, 5) is 0. The molecule has 2 nitrogen and oxygen atoms in total. The molecule has 0 N–H and O–H groups in total. The highest BCUT2D eigenvalue weighted by atomic mass is 79.9. The van der Waals surface area contributed by atoms with E-state index in [1.54, 1.807) is 18.2 Å². The average molecular weight is 341 g/mol. The molecule has 0 aliphatic rings. The lowest BCUT2D eigenvalue weighted by Crippen LogP contribution is -1.99. The highest BCUT2D eigenvalue weighted by Crippen LogP contribution is 2.28. The van der Waals surface area contributed by atoms with Crippen molar-refractivity contribution < 1.29 is 9.13 Å². The molecule has 0 bridgehead atoms. The van der Waals surface area contributed by atoms with E-state index in [-0.39, 0.29) is 6.61 Å². The number of hydrogen-bond donors (Lipinski definition) is 0. The van der Waals surface area contributed by atoms with Gasteiger partial charge in [-0.3, -0.25) is 0 Å². The molecule has 0 fully saturated rings. The summed E-state index contributed by atoms with van der Waals surface area (Å²) in [7, 11) is 0. The van der Waals surface area contributed by atoms with Crippen LogP contribution in [-0.4, -0.2) is 0 Å². The van der Waals surface area contributed by atoms with Crippen LogP contribution in [0.25, 0.3) is 0 Å². The smallest absolute Gasteiger partial charge is 0.134 e. The summed E-state index contributed by atoms with van der Waals surface area (Å²) in [5.41, 5.74) is 0.899. The maximum absolute atomic E-state index is 13.1. The van der Waals surface area contributed by atoms with Crippen LogP contribution in [-0.2, 0) is 6.61 Å². The Morgan fingerprint density at radius 1 is 1.26 bits per heavy atom. The SMILES string of the molecule is N#Cc1ccc(F)cc1COc1ccc(Cl)cc1Br. The molecule has 0 aliphatic heterocycles. The summed E-state index contributed by atoms with van der Waals surface area (Å²) in [6.07, 6.45) is 0. The second kappa shape index (κ2) is 6.05. The molecule has 0 amide bonds. The molecule has 0 aliphatic carbocycles. The first-order valence-corrected chi connectivity index (χ1v) is 6.53. The summed E-state index contributed by atoms with van der Waals surface area (Å²) in [6, 6.07) is 11.1. The van der Waals surface area contributed by atoms with E-state index in [2.05, 4.69) is 15.9 Å². The molecule has 96 valence electrons. The third-order valence-electron chi connectivity index (χ3n) is 2.46. The Kier molecular flexibility index (Phi) is 4.41. The second-order valence-corrected chi connectivity index (χ2v) is 5.07. The van der Waals surface area contributed by atoms with Crippen molar-refractivity contribution >= 4 is 27.5 Å². The minimum atomic E-state index is -0.396. The van der Waals surface area contributed by atoms with Crippen molar-refractivity contribution in [2.24, 2.45) is 0 Å². The summed E-state index contributed by atoms with van der Waals surface area (Å²) in [5, 5.41) is 9.53. The highest BCUT2D eigenvalue weighted by molar-refractivity contribution is 9.10. The minimum absolute atomic E-state index is 0.112. The van der Waals surface area contributed by atoms with Crippen LogP contribution in [0.2, 0.25) is 5.02 Å². The number of halogens is 3. The molecule has 19 heavy (non-hydrogen) atoms. The molecule has 5 heteroatoms. The van der Waals surface area contributed by atoms with Crippen LogP contribution < -0.4 is 4.74 Å². The van der Waals surface area contributed by atoms with E-state index in [1.165, 1.54) is 18.2 Å². The van der Waals surface area contributed by atoms with Crippen molar-refractivity contribution in [1.82, 2.24) is 0 Å². The van der Waals surface area contributed by atoms with E-state index in [1.807, 2.05) is 6.07 Å². The Hall–Kier alpha value is -1.57. The topological polar surface area (TPSA) is 33.0 Å². The number of ether oxygens (including phenoxy) is 1. The predicted molar refractivity (Wildman–Crippen MR) is 74.6 cm³/mol. The largest absolute Gasteiger partial charge is 0.488 e. The van der Waals surface area contributed by atoms with Crippen LogP contribution in [0.15, 0.2) is 40.9 Å². The van der Waals surface area contributed by atoms with E-state index in [0.29, 0.717) is 26.4 Å². The molecule has 0 atom stereocenters. The Balaban J connectivity index is 2.19. The van der Waals surface area contributed by atoms with Gasteiger partial charge in [-0.2, -0.15) is 5.26 Å². The van der Waals surface area contributed by atoms with Gasteiger partial charge in [0.2, 0.25) is 0 Å². The maximum atomic E-state index is 13.1. The summed E-state index contributed by atoms with van der Waals surface area (Å²) in [6.45, 7) is 0.112. The first-order chi connectivity index (χ1) is 9.10.